The molecule has 0 spiro atoms. The van der Waals surface area contributed by atoms with Gasteiger partial charge < -0.3 is 19.9 Å². The van der Waals surface area contributed by atoms with Gasteiger partial charge in [0.25, 0.3) is 0 Å². The van der Waals surface area contributed by atoms with E-state index >= 15 is 0 Å². The lowest BCUT2D eigenvalue weighted by atomic mass is 9.80. The Morgan fingerprint density at radius 2 is 1.89 bits per heavy atom. The maximum absolute atomic E-state index is 11.9. The molecule has 3 aliphatic rings. The third kappa shape index (κ3) is 4.89. The van der Waals surface area contributed by atoms with Crippen molar-refractivity contribution < 1.29 is 9.90 Å². The van der Waals surface area contributed by atoms with Gasteiger partial charge in [-0.3, -0.25) is 0 Å². The number of piperidine rings is 1. The molecule has 0 radical (unpaired) electrons. The molecule has 0 amide bonds. The van der Waals surface area contributed by atoms with Gasteiger partial charge in [-0.05, 0) is 83.0 Å². The normalized spacial score (nSPS) is 25.8. The molecule has 1 saturated heterocycles. The average Bonchev–Trinajstić information content (AvgIpc) is 3.21. The minimum Gasteiger partial charge on any atom is -0.475 e. The number of carboxylic acid groups (broad SMARTS) is 1. The van der Waals surface area contributed by atoms with Crippen molar-refractivity contribution in [1.82, 2.24) is 19.5 Å². The molecule has 2 aromatic heterocycles. The van der Waals surface area contributed by atoms with Crippen molar-refractivity contribution in [3.63, 3.8) is 0 Å². The maximum Gasteiger partial charge on any atom is 0.374 e. The van der Waals surface area contributed by atoms with Crippen LogP contribution in [-0.2, 0) is 6.54 Å². The zero-order valence-corrected chi connectivity index (χ0v) is 21.7. The molecule has 1 aliphatic heterocycles. The highest BCUT2D eigenvalue weighted by atomic mass is 16.4. The van der Waals surface area contributed by atoms with Gasteiger partial charge in [-0.15, -0.1) is 12.3 Å². The number of carboxylic acids is 1. The Morgan fingerprint density at radius 1 is 1.11 bits per heavy atom. The van der Waals surface area contributed by atoms with E-state index in [0.717, 1.165) is 69.5 Å². The van der Waals surface area contributed by atoms with Crippen LogP contribution in [0.4, 0.5) is 11.8 Å². The van der Waals surface area contributed by atoms with Crippen molar-refractivity contribution in [3.8, 4) is 12.3 Å². The van der Waals surface area contributed by atoms with Gasteiger partial charge in [0, 0.05) is 31.1 Å². The van der Waals surface area contributed by atoms with Crippen LogP contribution < -0.4 is 10.2 Å². The largest absolute Gasteiger partial charge is 0.475 e. The molecule has 8 nitrogen and oxygen atoms in total. The SMILES string of the molecule is C#CC1CCC(Cn2c(N3CCCCC3CC)nc3nc(C(=O)O)nc(NC(C)C4CCC4)c32)CC1. The number of imidazole rings is 1. The lowest BCUT2D eigenvalue weighted by Crippen LogP contribution is -2.41. The van der Waals surface area contributed by atoms with Crippen LogP contribution in [0.25, 0.3) is 11.2 Å². The first-order chi connectivity index (χ1) is 17.5. The van der Waals surface area contributed by atoms with Gasteiger partial charge in [0.2, 0.25) is 11.8 Å². The molecule has 2 unspecified atom stereocenters. The predicted octanol–water partition coefficient (Wildman–Crippen LogP) is 5.33. The summed E-state index contributed by atoms with van der Waals surface area (Å²) in [5.41, 5.74) is 1.33. The molecule has 2 atom stereocenters. The molecule has 5 rings (SSSR count). The minimum absolute atomic E-state index is 0.192. The number of aromatic carboxylic acids is 1. The lowest BCUT2D eigenvalue weighted by molar-refractivity contribution is 0.0684. The second kappa shape index (κ2) is 10.7. The van der Waals surface area contributed by atoms with Crippen LogP contribution in [0.3, 0.4) is 0 Å². The van der Waals surface area contributed by atoms with E-state index in [1.165, 1.54) is 25.7 Å². The molecule has 2 aliphatic carbocycles. The standard InChI is InChI=1S/C28H40N6O2/c1-4-19-12-14-20(15-13-19)17-34-23-24(29-18(3)21-9-8-10-21)30-26(27(35)36)31-25(23)32-28(34)33-16-7-6-11-22(33)5-2/h1,18-22H,5-17H2,2-3H3,(H,35,36)(H,29,30,31). The van der Waals surface area contributed by atoms with Crippen LogP contribution in [0.15, 0.2) is 0 Å². The van der Waals surface area contributed by atoms with Crippen molar-refractivity contribution in [2.24, 2.45) is 17.8 Å². The number of hydrogen-bond donors (Lipinski definition) is 2. The third-order valence-electron chi connectivity index (χ3n) is 8.87. The smallest absolute Gasteiger partial charge is 0.374 e. The molecule has 3 heterocycles. The van der Waals surface area contributed by atoms with Gasteiger partial charge >= 0.3 is 5.97 Å². The minimum atomic E-state index is -1.12. The molecular weight excluding hydrogens is 452 g/mol. The number of terminal acetylenes is 1. The van der Waals surface area contributed by atoms with Crippen LogP contribution >= 0.6 is 0 Å². The Balaban J connectivity index is 1.59. The summed E-state index contributed by atoms with van der Waals surface area (Å²) in [6, 6.07) is 0.651. The summed E-state index contributed by atoms with van der Waals surface area (Å²) in [4.78, 5) is 28.4. The van der Waals surface area contributed by atoms with Gasteiger partial charge in [0.1, 0.15) is 5.52 Å². The molecule has 8 heteroatoms. The zero-order valence-electron chi connectivity index (χ0n) is 21.7. The maximum atomic E-state index is 11.9. The number of fused-ring (bicyclic) bond motifs is 1. The highest BCUT2D eigenvalue weighted by molar-refractivity contribution is 5.91. The highest BCUT2D eigenvalue weighted by Crippen LogP contribution is 2.37. The number of nitrogens with one attached hydrogen (secondary N) is 1. The number of rotatable bonds is 8. The topological polar surface area (TPSA) is 96.2 Å². The summed E-state index contributed by atoms with van der Waals surface area (Å²) >= 11 is 0. The Bertz CT molecular complexity index is 1130. The second-order valence-electron chi connectivity index (χ2n) is 11.2. The molecule has 0 aromatic carbocycles. The van der Waals surface area contributed by atoms with Crippen LogP contribution in [-0.4, -0.2) is 49.2 Å². The van der Waals surface area contributed by atoms with Crippen LogP contribution in [0.5, 0.6) is 0 Å². The Hall–Kier alpha value is -2.82. The van der Waals surface area contributed by atoms with Gasteiger partial charge in [0.05, 0.1) is 0 Å². The number of carbonyl (C=O) groups is 1. The summed E-state index contributed by atoms with van der Waals surface area (Å²) < 4.78 is 2.31. The van der Waals surface area contributed by atoms with E-state index in [-0.39, 0.29) is 11.9 Å². The van der Waals surface area contributed by atoms with Crippen molar-refractivity contribution >= 4 is 28.9 Å². The van der Waals surface area contributed by atoms with Crippen molar-refractivity contribution in [1.29, 1.82) is 0 Å². The number of anilines is 2. The highest BCUT2D eigenvalue weighted by Gasteiger charge is 2.32. The molecule has 36 heavy (non-hydrogen) atoms. The first-order valence-electron chi connectivity index (χ1n) is 14.0. The molecule has 2 aromatic rings. The number of hydrogen-bond acceptors (Lipinski definition) is 6. The molecular formula is C28H40N6O2. The van der Waals surface area contributed by atoms with Crippen molar-refractivity contribution in [2.45, 2.75) is 103 Å². The number of nitrogens with zero attached hydrogens (tertiary/aromatic N) is 5. The predicted molar refractivity (Wildman–Crippen MR) is 142 cm³/mol. The van der Waals surface area contributed by atoms with E-state index in [0.29, 0.717) is 35.3 Å². The Labute approximate surface area is 214 Å². The van der Waals surface area contributed by atoms with E-state index in [1.807, 2.05) is 0 Å². The monoisotopic (exact) mass is 492 g/mol. The first kappa shape index (κ1) is 24.9. The molecule has 2 saturated carbocycles. The van der Waals surface area contributed by atoms with Gasteiger partial charge in [-0.25, -0.2) is 14.8 Å². The fraction of sp³-hybridized carbons (Fsp3) is 0.714. The summed E-state index contributed by atoms with van der Waals surface area (Å²) in [6.45, 7) is 6.22. The lowest BCUT2D eigenvalue weighted by Gasteiger charge is -2.37. The average molecular weight is 493 g/mol. The van der Waals surface area contributed by atoms with Crippen LogP contribution in [0.2, 0.25) is 0 Å². The van der Waals surface area contributed by atoms with Crippen LogP contribution in [0, 0.1) is 30.1 Å². The summed E-state index contributed by atoms with van der Waals surface area (Å²) in [5.74, 6) is 4.64. The van der Waals surface area contributed by atoms with Gasteiger partial charge in [-0.1, -0.05) is 13.3 Å². The summed E-state index contributed by atoms with van der Waals surface area (Å²) in [5, 5.41) is 13.4. The summed E-state index contributed by atoms with van der Waals surface area (Å²) in [7, 11) is 0. The second-order valence-corrected chi connectivity index (χ2v) is 11.2. The number of aromatic nitrogens is 4. The molecule has 0 bridgehead atoms. The summed E-state index contributed by atoms with van der Waals surface area (Å²) in [6.07, 6.45) is 18.3. The Kier molecular flexibility index (Phi) is 7.36. The van der Waals surface area contributed by atoms with E-state index in [1.54, 1.807) is 0 Å². The Morgan fingerprint density at radius 3 is 2.53 bits per heavy atom. The third-order valence-corrected chi connectivity index (χ3v) is 8.87. The van der Waals surface area contributed by atoms with Crippen molar-refractivity contribution in [2.75, 3.05) is 16.8 Å². The van der Waals surface area contributed by atoms with E-state index in [4.69, 9.17) is 11.4 Å². The fourth-order valence-corrected chi connectivity index (χ4v) is 6.34. The molecule has 2 N–H and O–H groups in total. The van der Waals surface area contributed by atoms with Crippen LogP contribution in [0.1, 0.15) is 95.1 Å². The fourth-order valence-electron chi connectivity index (χ4n) is 6.34. The quantitative estimate of drug-likeness (QED) is 0.481. The molecule has 3 fully saturated rings. The molecule has 194 valence electrons. The van der Waals surface area contributed by atoms with E-state index in [9.17, 15) is 9.90 Å². The van der Waals surface area contributed by atoms with E-state index < -0.39 is 5.97 Å². The first-order valence-corrected chi connectivity index (χ1v) is 14.0. The van der Waals surface area contributed by atoms with Gasteiger partial charge in [0.15, 0.2) is 11.5 Å². The zero-order chi connectivity index (χ0) is 25.2. The van der Waals surface area contributed by atoms with E-state index in [2.05, 4.69) is 44.5 Å². The van der Waals surface area contributed by atoms with Crippen molar-refractivity contribution in [3.05, 3.63) is 5.82 Å². The van der Waals surface area contributed by atoms with Gasteiger partial charge in [-0.2, -0.15) is 4.98 Å².